The number of para-hydroxylation sites is 1. The Morgan fingerprint density at radius 1 is 1.05 bits per heavy atom. The summed E-state index contributed by atoms with van der Waals surface area (Å²) < 4.78 is 1.72. The Kier molecular flexibility index (Phi) is 3.72. The van der Waals surface area contributed by atoms with Crippen LogP contribution in [0, 0.1) is 6.92 Å². The summed E-state index contributed by atoms with van der Waals surface area (Å²) in [5, 5.41) is 11.3. The first kappa shape index (κ1) is 14.4. The van der Waals surface area contributed by atoms with Crippen LogP contribution in [0.25, 0.3) is 10.9 Å². The maximum Gasteiger partial charge on any atom is 0.258 e. The first-order chi connectivity index (χ1) is 10.6. The van der Waals surface area contributed by atoms with E-state index in [4.69, 9.17) is 0 Å². The first-order valence-corrected chi connectivity index (χ1v) is 7.50. The maximum atomic E-state index is 12.7. The van der Waals surface area contributed by atoms with Gasteiger partial charge >= 0.3 is 0 Å². The number of aryl methyl sites for hydroxylation is 2. The maximum absolute atomic E-state index is 12.7. The molecule has 1 heterocycles. The van der Waals surface area contributed by atoms with E-state index in [1.165, 1.54) is 5.56 Å². The van der Waals surface area contributed by atoms with E-state index in [2.05, 4.69) is 0 Å². The summed E-state index contributed by atoms with van der Waals surface area (Å²) in [6.07, 6.45) is 0.440. The fourth-order valence-electron chi connectivity index (χ4n) is 2.83. The Bertz CT molecular complexity index is 876. The smallest absolute Gasteiger partial charge is 0.258 e. The van der Waals surface area contributed by atoms with E-state index < -0.39 is 0 Å². The van der Waals surface area contributed by atoms with Crippen molar-refractivity contribution in [1.29, 1.82) is 0 Å². The highest BCUT2D eigenvalue weighted by atomic mass is 16.3. The summed E-state index contributed by atoms with van der Waals surface area (Å²) in [7, 11) is 0. The zero-order valence-electron chi connectivity index (χ0n) is 12.8. The molecule has 0 spiro atoms. The Hall–Kier alpha value is -2.55. The number of nitrogens with zero attached hydrogens (tertiary/aromatic N) is 1. The van der Waals surface area contributed by atoms with Gasteiger partial charge in [0.15, 0.2) is 0 Å². The van der Waals surface area contributed by atoms with Crippen molar-refractivity contribution in [1.82, 2.24) is 4.57 Å². The molecule has 0 amide bonds. The summed E-state index contributed by atoms with van der Waals surface area (Å²) in [5.41, 5.74) is 3.33. The molecule has 3 heteroatoms. The molecule has 0 saturated carbocycles. The third-order valence-corrected chi connectivity index (χ3v) is 4.06. The highest BCUT2D eigenvalue weighted by molar-refractivity contribution is 5.86. The largest absolute Gasteiger partial charge is 0.507 e. The minimum atomic E-state index is -0.112. The van der Waals surface area contributed by atoms with Crippen molar-refractivity contribution >= 4 is 10.9 Å². The summed E-state index contributed by atoms with van der Waals surface area (Å²) in [6, 6.07) is 15.5. The van der Waals surface area contributed by atoms with Gasteiger partial charge in [-0.1, -0.05) is 42.0 Å². The Morgan fingerprint density at radius 2 is 1.73 bits per heavy atom. The fourth-order valence-corrected chi connectivity index (χ4v) is 2.83. The summed E-state index contributed by atoms with van der Waals surface area (Å²) in [6.45, 7) is 4.56. The molecule has 22 heavy (non-hydrogen) atoms. The highest BCUT2D eigenvalue weighted by Gasteiger charge is 2.15. The van der Waals surface area contributed by atoms with Gasteiger partial charge in [0.2, 0.25) is 0 Å². The standard InChI is InChI=1S/C19H19NO2/c1-3-20-17-7-5-4-6-15(17)18(21)16(19(20)22)12-14-10-8-13(2)9-11-14/h4-11,21H,3,12H2,1-2H3. The minimum absolute atomic E-state index is 0.103. The molecule has 0 radical (unpaired) electrons. The molecule has 0 aliphatic heterocycles. The first-order valence-electron chi connectivity index (χ1n) is 7.50. The molecule has 0 saturated heterocycles. The molecular weight excluding hydrogens is 274 g/mol. The molecule has 0 bridgehead atoms. The summed E-state index contributed by atoms with van der Waals surface area (Å²) >= 11 is 0. The molecule has 3 aromatic rings. The Morgan fingerprint density at radius 3 is 2.41 bits per heavy atom. The van der Waals surface area contributed by atoms with Crippen molar-refractivity contribution in [2.45, 2.75) is 26.8 Å². The van der Waals surface area contributed by atoms with E-state index in [1.54, 1.807) is 4.57 Å². The predicted molar refractivity (Wildman–Crippen MR) is 89.5 cm³/mol. The van der Waals surface area contributed by atoms with Crippen LogP contribution in [-0.2, 0) is 13.0 Å². The third-order valence-electron chi connectivity index (χ3n) is 4.06. The molecule has 3 nitrogen and oxygen atoms in total. The van der Waals surface area contributed by atoms with Gasteiger partial charge in [-0.05, 0) is 31.5 Å². The van der Waals surface area contributed by atoms with Gasteiger partial charge < -0.3 is 9.67 Å². The van der Waals surface area contributed by atoms with Crippen LogP contribution in [0.5, 0.6) is 5.75 Å². The SMILES string of the molecule is CCn1c(=O)c(Cc2ccc(C)cc2)c(O)c2ccccc21. The topological polar surface area (TPSA) is 42.2 Å². The second-order valence-electron chi connectivity index (χ2n) is 5.56. The average molecular weight is 293 g/mol. The molecule has 0 unspecified atom stereocenters. The number of pyridine rings is 1. The Balaban J connectivity index is 2.21. The van der Waals surface area contributed by atoms with Gasteiger partial charge in [-0.3, -0.25) is 4.79 Å². The molecule has 0 aliphatic carbocycles. The second kappa shape index (κ2) is 5.68. The molecule has 1 aromatic heterocycles. The van der Waals surface area contributed by atoms with Crippen molar-refractivity contribution in [3.63, 3.8) is 0 Å². The monoisotopic (exact) mass is 293 g/mol. The number of aromatic hydroxyl groups is 1. The number of aromatic nitrogens is 1. The van der Waals surface area contributed by atoms with Crippen molar-refractivity contribution in [2.75, 3.05) is 0 Å². The lowest BCUT2D eigenvalue weighted by molar-refractivity contribution is 0.472. The average Bonchev–Trinajstić information content (AvgIpc) is 2.54. The molecule has 0 aliphatic rings. The summed E-state index contributed by atoms with van der Waals surface area (Å²) in [4.78, 5) is 12.7. The van der Waals surface area contributed by atoms with E-state index in [-0.39, 0.29) is 11.3 Å². The van der Waals surface area contributed by atoms with Crippen LogP contribution < -0.4 is 5.56 Å². The normalized spacial score (nSPS) is 11.0. The van der Waals surface area contributed by atoms with Crippen LogP contribution in [0.2, 0.25) is 0 Å². The number of benzene rings is 2. The molecule has 3 rings (SSSR count). The lowest BCUT2D eigenvalue weighted by Crippen LogP contribution is -2.24. The number of hydrogen-bond donors (Lipinski definition) is 1. The second-order valence-corrected chi connectivity index (χ2v) is 5.56. The summed E-state index contributed by atoms with van der Waals surface area (Å²) in [5.74, 6) is 0.103. The minimum Gasteiger partial charge on any atom is -0.507 e. The van der Waals surface area contributed by atoms with Gasteiger partial charge in [-0.15, -0.1) is 0 Å². The predicted octanol–water partition coefficient (Wildman–Crippen LogP) is 3.63. The van der Waals surface area contributed by atoms with Crippen LogP contribution in [0.15, 0.2) is 53.3 Å². The molecule has 2 aromatic carbocycles. The van der Waals surface area contributed by atoms with E-state index in [0.717, 1.165) is 16.5 Å². The van der Waals surface area contributed by atoms with Crippen molar-refractivity contribution in [3.8, 4) is 5.75 Å². The highest BCUT2D eigenvalue weighted by Crippen LogP contribution is 2.27. The molecular formula is C19H19NO2. The van der Waals surface area contributed by atoms with E-state index in [9.17, 15) is 9.90 Å². The molecule has 112 valence electrons. The van der Waals surface area contributed by atoms with Crippen molar-refractivity contribution in [3.05, 3.63) is 75.6 Å². The van der Waals surface area contributed by atoms with Crippen molar-refractivity contribution < 1.29 is 5.11 Å². The van der Waals surface area contributed by atoms with Crippen LogP contribution in [0.3, 0.4) is 0 Å². The van der Waals surface area contributed by atoms with Gasteiger partial charge in [0.1, 0.15) is 5.75 Å². The van der Waals surface area contributed by atoms with Gasteiger partial charge in [-0.25, -0.2) is 0 Å². The van der Waals surface area contributed by atoms with Crippen LogP contribution in [0.1, 0.15) is 23.6 Å². The number of fused-ring (bicyclic) bond motifs is 1. The quantitative estimate of drug-likeness (QED) is 0.801. The zero-order chi connectivity index (χ0) is 15.7. The third kappa shape index (κ3) is 2.39. The lowest BCUT2D eigenvalue weighted by Gasteiger charge is -2.13. The lowest BCUT2D eigenvalue weighted by atomic mass is 10.0. The molecule has 1 N–H and O–H groups in total. The fraction of sp³-hybridized carbons (Fsp3) is 0.211. The van der Waals surface area contributed by atoms with Gasteiger partial charge in [-0.2, -0.15) is 0 Å². The van der Waals surface area contributed by atoms with E-state index >= 15 is 0 Å². The molecule has 0 atom stereocenters. The Labute approximate surface area is 129 Å². The van der Waals surface area contributed by atoms with Gasteiger partial charge in [0.25, 0.3) is 5.56 Å². The van der Waals surface area contributed by atoms with Gasteiger partial charge in [0.05, 0.1) is 11.1 Å². The van der Waals surface area contributed by atoms with Crippen LogP contribution in [-0.4, -0.2) is 9.67 Å². The van der Waals surface area contributed by atoms with Crippen LogP contribution in [0.4, 0.5) is 0 Å². The van der Waals surface area contributed by atoms with Gasteiger partial charge in [0, 0.05) is 18.4 Å². The van der Waals surface area contributed by atoms with E-state index in [0.29, 0.717) is 18.5 Å². The van der Waals surface area contributed by atoms with Crippen LogP contribution >= 0.6 is 0 Å². The number of hydrogen-bond acceptors (Lipinski definition) is 2. The van der Waals surface area contributed by atoms with E-state index in [1.807, 2.05) is 62.4 Å². The molecule has 0 fully saturated rings. The number of rotatable bonds is 3. The zero-order valence-corrected chi connectivity index (χ0v) is 12.8. The van der Waals surface area contributed by atoms with Crippen molar-refractivity contribution in [2.24, 2.45) is 0 Å².